The maximum Gasteiger partial charge on any atom is 0.271 e. The lowest BCUT2D eigenvalue weighted by Gasteiger charge is -2.06. The standard InChI is InChI=1S/C13H15ClN4OS/c1-3-8-6-16-11(20-8)7-17-13(19)12-9(14)4-5-10(15-2)18-12/h4-6H,3,7H2,1-2H3,(H,15,18)(H,17,19). The molecule has 2 heterocycles. The Kier molecular flexibility index (Phi) is 4.92. The van der Waals surface area contributed by atoms with Crippen LogP contribution in [0.1, 0.15) is 27.3 Å². The molecule has 0 unspecified atom stereocenters. The normalized spacial score (nSPS) is 10.3. The van der Waals surface area contributed by atoms with E-state index in [-0.39, 0.29) is 11.6 Å². The molecule has 2 aromatic rings. The van der Waals surface area contributed by atoms with E-state index < -0.39 is 0 Å². The molecule has 0 spiro atoms. The number of anilines is 1. The van der Waals surface area contributed by atoms with Crippen molar-refractivity contribution in [2.45, 2.75) is 19.9 Å². The first-order valence-electron chi connectivity index (χ1n) is 6.20. The molecule has 7 heteroatoms. The van der Waals surface area contributed by atoms with Crippen molar-refractivity contribution in [2.75, 3.05) is 12.4 Å². The lowest BCUT2D eigenvalue weighted by Crippen LogP contribution is -2.24. The predicted octanol–water partition coefficient (Wildman–Crippen LogP) is 2.73. The fourth-order valence-corrected chi connectivity index (χ4v) is 2.57. The molecule has 0 aliphatic heterocycles. The zero-order valence-electron chi connectivity index (χ0n) is 11.2. The molecule has 0 bridgehead atoms. The first-order chi connectivity index (χ1) is 9.63. The number of pyridine rings is 1. The van der Waals surface area contributed by atoms with Gasteiger partial charge in [-0.25, -0.2) is 9.97 Å². The van der Waals surface area contributed by atoms with Crippen LogP contribution in [0.3, 0.4) is 0 Å². The van der Waals surface area contributed by atoms with Crippen LogP contribution in [0.5, 0.6) is 0 Å². The highest BCUT2D eigenvalue weighted by Gasteiger charge is 2.13. The van der Waals surface area contributed by atoms with Gasteiger partial charge in [0.2, 0.25) is 0 Å². The van der Waals surface area contributed by atoms with Crippen molar-refractivity contribution in [1.82, 2.24) is 15.3 Å². The summed E-state index contributed by atoms with van der Waals surface area (Å²) in [5.41, 5.74) is 0.214. The number of amides is 1. The predicted molar refractivity (Wildman–Crippen MR) is 81.5 cm³/mol. The van der Waals surface area contributed by atoms with Crippen LogP contribution in [0.25, 0.3) is 0 Å². The largest absolute Gasteiger partial charge is 0.373 e. The minimum atomic E-state index is -0.305. The second-order valence-electron chi connectivity index (χ2n) is 4.03. The van der Waals surface area contributed by atoms with Gasteiger partial charge in [0.25, 0.3) is 5.91 Å². The van der Waals surface area contributed by atoms with Crippen LogP contribution >= 0.6 is 22.9 Å². The van der Waals surface area contributed by atoms with Gasteiger partial charge in [-0.1, -0.05) is 18.5 Å². The Bertz CT molecular complexity index is 614. The van der Waals surface area contributed by atoms with Crippen molar-refractivity contribution < 1.29 is 4.79 Å². The smallest absolute Gasteiger partial charge is 0.271 e. The zero-order chi connectivity index (χ0) is 14.5. The van der Waals surface area contributed by atoms with Crippen molar-refractivity contribution in [2.24, 2.45) is 0 Å². The molecule has 0 saturated carbocycles. The van der Waals surface area contributed by atoms with Crippen molar-refractivity contribution >= 4 is 34.7 Å². The Morgan fingerprint density at radius 2 is 2.25 bits per heavy atom. The summed E-state index contributed by atoms with van der Waals surface area (Å²) in [5, 5.41) is 6.85. The van der Waals surface area contributed by atoms with E-state index in [2.05, 4.69) is 27.5 Å². The van der Waals surface area contributed by atoms with E-state index in [1.807, 2.05) is 6.20 Å². The van der Waals surface area contributed by atoms with Crippen LogP contribution in [-0.4, -0.2) is 22.9 Å². The molecule has 0 fully saturated rings. The quantitative estimate of drug-likeness (QED) is 0.891. The van der Waals surface area contributed by atoms with E-state index in [1.165, 1.54) is 4.88 Å². The summed E-state index contributed by atoms with van der Waals surface area (Å²) in [7, 11) is 1.74. The summed E-state index contributed by atoms with van der Waals surface area (Å²) in [4.78, 5) is 21.7. The Morgan fingerprint density at radius 3 is 2.90 bits per heavy atom. The highest BCUT2D eigenvalue weighted by Crippen LogP contribution is 2.17. The van der Waals surface area contributed by atoms with Gasteiger partial charge >= 0.3 is 0 Å². The number of nitrogens with one attached hydrogen (secondary N) is 2. The fourth-order valence-electron chi connectivity index (χ4n) is 1.57. The average molecular weight is 311 g/mol. The highest BCUT2D eigenvalue weighted by atomic mass is 35.5. The molecule has 106 valence electrons. The van der Waals surface area contributed by atoms with Crippen LogP contribution in [-0.2, 0) is 13.0 Å². The molecule has 5 nitrogen and oxygen atoms in total. The molecular weight excluding hydrogens is 296 g/mol. The van der Waals surface area contributed by atoms with Gasteiger partial charge in [-0.15, -0.1) is 11.3 Å². The molecule has 2 aromatic heterocycles. The first-order valence-corrected chi connectivity index (χ1v) is 7.39. The molecule has 20 heavy (non-hydrogen) atoms. The summed E-state index contributed by atoms with van der Waals surface area (Å²) < 4.78 is 0. The SMILES string of the molecule is CCc1cnc(CNC(=O)c2nc(NC)ccc2Cl)s1. The van der Waals surface area contributed by atoms with E-state index in [0.29, 0.717) is 17.4 Å². The average Bonchev–Trinajstić information content (AvgIpc) is 2.93. The van der Waals surface area contributed by atoms with Gasteiger partial charge in [0.15, 0.2) is 0 Å². The number of thiazole rings is 1. The van der Waals surface area contributed by atoms with Crippen molar-refractivity contribution in [3.8, 4) is 0 Å². The van der Waals surface area contributed by atoms with Crippen LogP contribution in [0, 0.1) is 0 Å². The third-order valence-corrected chi connectivity index (χ3v) is 4.11. The van der Waals surface area contributed by atoms with E-state index in [0.717, 1.165) is 11.4 Å². The monoisotopic (exact) mass is 310 g/mol. The number of carbonyl (C=O) groups excluding carboxylic acids is 1. The second-order valence-corrected chi connectivity index (χ2v) is 5.64. The Hall–Kier alpha value is -1.66. The third-order valence-electron chi connectivity index (χ3n) is 2.67. The molecule has 1 amide bonds. The number of hydrogen-bond acceptors (Lipinski definition) is 5. The Morgan fingerprint density at radius 1 is 1.45 bits per heavy atom. The molecule has 0 aliphatic carbocycles. The van der Waals surface area contributed by atoms with E-state index in [4.69, 9.17) is 11.6 Å². The van der Waals surface area contributed by atoms with Crippen molar-refractivity contribution in [3.63, 3.8) is 0 Å². The van der Waals surface area contributed by atoms with Crippen LogP contribution in [0.4, 0.5) is 5.82 Å². The van der Waals surface area contributed by atoms with E-state index >= 15 is 0 Å². The Labute approximate surface area is 126 Å². The van der Waals surface area contributed by atoms with Gasteiger partial charge in [-0.05, 0) is 18.6 Å². The lowest BCUT2D eigenvalue weighted by atomic mass is 10.3. The van der Waals surface area contributed by atoms with E-state index in [9.17, 15) is 4.79 Å². The number of nitrogens with zero attached hydrogens (tertiary/aromatic N) is 2. The molecule has 0 aromatic carbocycles. The van der Waals surface area contributed by atoms with Crippen LogP contribution in [0.15, 0.2) is 18.3 Å². The maximum atomic E-state index is 12.1. The minimum absolute atomic E-state index is 0.214. The number of hydrogen-bond donors (Lipinski definition) is 2. The van der Waals surface area contributed by atoms with Gasteiger partial charge in [0, 0.05) is 18.1 Å². The maximum absolute atomic E-state index is 12.1. The molecule has 0 aliphatic rings. The minimum Gasteiger partial charge on any atom is -0.373 e. The Balaban J connectivity index is 2.04. The fraction of sp³-hybridized carbons (Fsp3) is 0.308. The van der Waals surface area contributed by atoms with E-state index in [1.54, 1.807) is 30.5 Å². The number of aryl methyl sites for hydroxylation is 1. The topological polar surface area (TPSA) is 66.9 Å². The molecule has 2 rings (SSSR count). The molecular formula is C13H15ClN4OS. The van der Waals surface area contributed by atoms with Gasteiger partial charge in [0.1, 0.15) is 16.5 Å². The van der Waals surface area contributed by atoms with Gasteiger partial charge in [-0.3, -0.25) is 4.79 Å². The number of halogens is 1. The molecule has 0 radical (unpaired) electrons. The highest BCUT2D eigenvalue weighted by molar-refractivity contribution is 7.11. The lowest BCUT2D eigenvalue weighted by molar-refractivity contribution is 0.0946. The molecule has 0 atom stereocenters. The summed E-state index contributed by atoms with van der Waals surface area (Å²) >= 11 is 7.58. The molecule has 0 saturated heterocycles. The van der Waals surface area contributed by atoms with Crippen molar-refractivity contribution in [3.05, 3.63) is 38.9 Å². The van der Waals surface area contributed by atoms with Crippen molar-refractivity contribution in [1.29, 1.82) is 0 Å². The summed E-state index contributed by atoms with van der Waals surface area (Å²) in [6.07, 6.45) is 2.78. The van der Waals surface area contributed by atoms with Gasteiger partial charge < -0.3 is 10.6 Å². The summed E-state index contributed by atoms with van der Waals surface area (Å²) in [6, 6.07) is 3.36. The van der Waals surface area contributed by atoms with Crippen LogP contribution in [0.2, 0.25) is 5.02 Å². The van der Waals surface area contributed by atoms with Gasteiger partial charge in [0.05, 0.1) is 11.6 Å². The van der Waals surface area contributed by atoms with Crippen LogP contribution < -0.4 is 10.6 Å². The molecule has 2 N–H and O–H groups in total. The van der Waals surface area contributed by atoms with Gasteiger partial charge in [-0.2, -0.15) is 0 Å². The summed E-state index contributed by atoms with van der Waals surface area (Å²) in [5.74, 6) is 0.294. The zero-order valence-corrected chi connectivity index (χ0v) is 12.8. The third kappa shape index (κ3) is 3.46. The number of aromatic nitrogens is 2. The first kappa shape index (κ1) is 14.7. The second kappa shape index (κ2) is 6.67. The number of rotatable bonds is 5. The number of carbonyl (C=O) groups is 1. The summed E-state index contributed by atoms with van der Waals surface area (Å²) in [6.45, 7) is 2.45.